The first-order valence-corrected chi connectivity index (χ1v) is 13.7. The maximum atomic E-state index is 14.0. The minimum atomic E-state index is -1.28. The van der Waals surface area contributed by atoms with Crippen LogP contribution in [0.15, 0.2) is 88.9 Å². The Morgan fingerprint density at radius 2 is 1.82 bits per heavy atom. The van der Waals surface area contributed by atoms with Gasteiger partial charge in [-0.05, 0) is 59.7 Å². The van der Waals surface area contributed by atoms with E-state index in [0.29, 0.717) is 36.2 Å². The number of nitrogens with zero attached hydrogens (tertiary/aromatic N) is 1. The highest BCUT2D eigenvalue weighted by Crippen LogP contribution is 2.43. The molecule has 0 unspecified atom stereocenters. The van der Waals surface area contributed by atoms with E-state index in [1.165, 1.54) is 0 Å². The smallest absolute Gasteiger partial charge is 0.252 e. The molecule has 2 atom stereocenters. The van der Waals surface area contributed by atoms with Gasteiger partial charge in [0.1, 0.15) is 5.75 Å². The quantitative estimate of drug-likeness (QED) is 0.200. The molecule has 1 amide bonds. The zero-order valence-corrected chi connectivity index (χ0v) is 24.1. The van der Waals surface area contributed by atoms with Gasteiger partial charge in [0.05, 0.1) is 20.8 Å². The number of rotatable bonds is 13. The number of aliphatic hydroxyl groups excluding tert-OH is 1. The second-order valence-electron chi connectivity index (χ2n) is 9.21. The van der Waals surface area contributed by atoms with Crippen molar-refractivity contribution in [1.29, 1.82) is 0 Å². The predicted octanol–water partition coefficient (Wildman–Crippen LogP) is 5.38. The van der Waals surface area contributed by atoms with Gasteiger partial charge < -0.3 is 29.4 Å². The van der Waals surface area contributed by atoms with E-state index in [4.69, 9.17) is 29.0 Å². The van der Waals surface area contributed by atoms with Crippen LogP contribution in [-0.4, -0.2) is 49.9 Å². The average Bonchev–Trinajstić information content (AvgIpc) is 3.37. The third kappa shape index (κ3) is 6.48. The fourth-order valence-corrected chi connectivity index (χ4v) is 4.76. The molecule has 0 bridgehead atoms. The molecule has 3 aromatic carbocycles. The highest BCUT2D eigenvalue weighted by Gasteiger charge is 2.52. The molecule has 0 spiro atoms. The van der Waals surface area contributed by atoms with Crippen LogP contribution >= 0.6 is 15.9 Å². The molecule has 0 saturated heterocycles. The summed E-state index contributed by atoms with van der Waals surface area (Å²) < 4.78 is 23.7. The van der Waals surface area contributed by atoms with Gasteiger partial charge in [-0.15, -0.1) is 6.58 Å². The molecule has 1 aliphatic rings. The molecule has 9 heteroatoms. The van der Waals surface area contributed by atoms with Crippen molar-refractivity contribution in [2.75, 3.05) is 27.4 Å². The number of hydrogen-bond acceptors (Lipinski definition) is 7. The van der Waals surface area contributed by atoms with E-state index in [0.717, 1.165) is 21.2 Å². The molecule has 0 aliphatic carbocycles. The van der Waals surface area contributed by atoms with Gasteiger partial charge in [-0.1, -0.05) is 40.2 Å². The first-order valence-electron chi connectivity index (χ1n) is 12.9. The van der Waals surface area contributed by atoms with Gasteiger partial charge in [0.15, 0.2) is 23.1 Å². The molecule has 0 radical (unpaired) electrons. The number of carbonyl (C=O) groups excluding carboxylic acids is 1. The third-order valence-electron chi connectivity index (χ3n) is 6.56. The Bertz CT molecular complexity index is 1340. The number of nitrogens with one attached hydrogen (secondary N) is 1. The lowest BCUT2D eigenvalue weighted by molar-refractivity contribution is -0.129. The Labute approximate surface area is 242 Å². The molecule has 0 saturated carbocycles. The molecule has 1 heterocycles. The molecular weight excluding hydrogens is 576 g/mol. The second kappa shape index (κ2) is 13.5. The molecule has 40 heavy (non-hydrogen) atoms. The lowest BCUT2D eigenvalue weighted by Crippen LogP contribution is -2.47. The molecular formula is C31H33BrN2O6. The van der Waals surface area contributed by atoms with Crippen LogP contribution < -0.4 is 19.5 Å². The van der Waals surface area contributed by atoms with E-state index in [2.05, 4.69) is 27.8 Å². The number of amides is 1. The number of aliphatic imine (C=N–C) groups is 1. The van der Waals surface area contributed by atoms with Gasteiger partial charge in [-0.25, -0.2) is 4.99 Å². The van der Waals surface area contributed by atoms with E-state index < -0.39 is 11.6 Å². The van der Waals surface area contributed by atoms with Crippen molar-refractivity contribution in [1.82, 2.24) is 5.32 Å². The largest absolute Gasteiger partial charge is 0.494 e. The minimum absolute atomic E-state index is 0.0691. The van der Waals surface area contributed by atoms with Crippen LogP contribution in [0.25, 0.3) is 0 Å². The van der Waals surface area contributed by atoms with Crippen molar-refractivity contribution in [3.8, 4) is 17.2 Å². The topological polar surface area (TPSA) is 98.6 Å². The van der Waals surface area contributed by atoms with E-state index in [-0.39, 0.29) is 25.5 Å². The van der Waals surface area contributed by atoms with Crippen LogP contribution in [0.4, 0.5) is 0 Å². The summed E-state index contributed by atoms with van der Waals surface area (Å²) in [5.74, 6) is 1.94. The highest BCUT2D eigenvalue weighted by atomic mass is 79.9. The SMILES string of the molecule is C=CC[C@@]1(C(=O)NCc2ccc(OC)c(OC)c2)N=C(c2ccc(OCCCO)cc2)O[C@@H]1c1ccc(Br)cc1. The Hall–Kier alpha value is -3.82. The fourth-order valence-electron chi connectivity index (χ4n) is 4.50. The summed E-state index contributed by atoms with van der Waals surface area (Å²) in [6.45, 7) is 4.67. The zero-order valence-electron chi connectivity index (χ0n) is 22.6. The monoisotopic (exact) mass is 608 g/mol. The number of methoxy groups -OCH3 is 2. The second-order valence-corrected chi connectivity index (χ2v) is 10.1. The molecule has 2 N–H and O–H groups in total. The molecule has 4 rings (SSSR count). The van der Waals surface area contributed by atoms with Crippen molar-refractivity contribution < 1.29 is 28.8 Å². The van der Waals surface area contributed by atoms with E-state index in [9.17, 15) is 4.79 Å². The Balaban J connectivity index is 1.65. The van der Waals surface area contributed by atoms with Crippen molar-refractivity contribution in [3.63, 3.8) is 0 Å². The summed E-state index contributed by atoms with van der Waals surface area (Å²) in [4.78, 5) is 18.9. The number of ether oxygens (including phenoxy) is 4. The normalized spacial score (nSPS) is 17.9. The molecule has 0 aromatic heterocycles. The Morgan fingerprint density at radius 3 is 2.48 bits per heavy atom. The van der Waals surface area contributed by atoms with Crippen LogP contribution in [-0.2, 0) is 16.1 Å². The van der Waals surface area contributed by atoms with Gasteiger partial charge >= 0.3 is 0 Å². The highest BCUT2D eigenvalue weighted by molar-refractivity contribution is 9.10. The number of hydrogen-bond donors (Lipinski definition) is 2. The van der Waals surface area contributed by atoms with Crippen molar-refractivity contribution >= 4 is 27.7 Å². The zero-order chi connectivity index (χ0) is 28.5. The average molecular weight is 610 g/mol. The van der Waals surface area contributed by atoms with Crippen LogP contribution in [0.2, 0.25) is 0 Å². The summed E-state index contributed by atoms with van der Waals surface area (Å²) in [6.07, 6.45) is 1.82. The first kappa shape index (κ1) is 29.2. The fraction of sp³-hybridized carbons (Fsp3) is 0.290. The van der Waals surface area contributed by atoms with E-state index in [1.54, 1.807) is 26.4 Å². The summed E-state index contributed by atoms with van der Waals surface area (Å²) in [6, 6.07) is 20.5. The summed E-state index contributed by atoms with van der Waals surface area (Å²) in [7, 11) is 3.15. The maximum Gasteiger partial charge on any atom is 0.252 e. The number of carbonyl (C=O) groups is 1. The summed E-state index contributed by atoms with van der Waals surface area (Å²) in [5, 5.41) is 12.0. The van der Waals surface area contributed by atoms with Crippen molar-refractivity contribution in [3.05, 3.63) is 101 Å². The number of benzene rings is 3. The van der Waals surface area contributed by atoms with Gasteiger partial charge in [-0.2, -0.15) is 0 Å². The van der Waals surface area contributed by atoms with Crippen LogP contribution in [0.5, 0.6) is 17.2 Å². The Kier molecular flexibility index (Phi) is 9.84. The van der Waals surface area contributed by atoms with Gasteiger partial charge in [0.2, 0.25) is 5.90 Å². The van der Waals surface area contributed by atoms with E-state index >= 15 is 0 Å². The minimum Gasteiger partial charge on any atom is -0.494 e. The molecule has 8 nitrogen and oxygen atoms in total. The lowest BCUT2D eigenvalue weighted by atomic mass is 9.84. The number of halogens is 1. The van der Waals surface area contributed by atoms with Crippen LogP contribution in [0.1, 0.15) is 35.6 Å². The van der Waals surface area contributed by atoms with Crippen molar-refractivity contribution in [2.45, 2.75) is 31.0 Å². The van der Waals surface area contributed by atoms with Crippen LogP contribution in [0, 0.1) is 0 Å². The standard InChI is InChI=1S/C31H33BrN2O6/c1-4-16-31(30(36)33-20-21-6-15-26(37-2)27(19-21)38-3)28(22-7-11-24(32)12-8-22)40-29(34-31)23-9-13-25(14-10-23)39-18-5-17-35/h4,6-15,19,28,35H,1,5,16-18,20H2,2-3H3,(H,33,36)/t28-,31-/m1/s1. The molecule has 1 aliphatic heterocycles. The van der Waals surface area contributed by atoms with E-state index in [1.807, 2.05) is 60.7 Å². The van der Waals surface area contributed by atoms with Crippen LogP contribution in [0.3, 0.4) is 0 Å². The summed E-state index contributed by atoms with van der Waals surface area (Å²) >= 11 is 3.48. The molecule has 210 valence electrons. The molecule has 3 aromatic rings. The predicted molar refractivity (Wildman–Crippen MR) is 157 cm³/mol. The maximum absolute atomic E-state index is 14.0. The van der Waals surface area contributed by atoms with Gasteiger partial charge in [-0.3, -0.25) is 4.79 Å². The first-order chi connectivity index (χ1) is 19.4. The van der Waals surface area contributed by atoms with Gasteiger partial charge in [0, 0.05) is 36.0 Å². The third-order valence-corrected chi connectivity index (χ3v) is 7.09. The Morgan fingerprint density at radius 1 is 1.10 bits per heavy atom. The van der Waals surface area contributed by atoms with Gasteiger partial charge in [0.25, 0.3) is 5.91 Å². The summed E-state index contributed by atoms with van der Waals surface area (Å²) in [5.41, 5.74) is 1.10. The lowest BCUT2D eigenvalue weighted by Gasteiger charge is -2.29. The molecule has 0 fully saturated rings. The number of aliphatic hydroxyl groups is 1. The van der Waals surface area contributed by atoms with Crippen molar-refractivity contribution in [2.24, 2.45) is 4.99 Å².